The molecule has 0 aliphatic heterocycles. The van der Waals surface area contributed by atoms with Gasteiger partial charge in [-0.05, 0) is 30.3 Å². The lowest BCUT2D eigenvalue weighted by Crippen LogP contribution is -2.35. The Labute approximate surface area is 165 Å². The molecule has 154 valence electrons. The number of benzene rings is 2. The predicted molar refractivity (Wildman–Crippen MR) is 95.5 cm³/mol. The van der Waals surface area contributed by atoms with E-state index in [4.69, 9.17) is 11.6 Å². The van der Waals surface area contributed by atoms with Gasteiger partial charge in [-0.25, -0.2) is 5.43 Å². The highest BCUT2D eigenvalue weighted by molar-refractivity contribution is 6.39. The summed E-state index contributed by atoms with van der Waals surface area (Å²) in [6.45, 7) is 0. The standard InChI is InChI=1S/C17H12ClF4N3O4/c18-10-5-6-12(26)9(7-10)8-23-25-15(28)14(27)24-11-3-1-2-4-13(11)29-17(21,22)16(19)20/h1-8,16,26H,(H,24,27)(H,25,28). The lowest BCUT2D eigenvalue weighted by molar-refractivity contribution is -0.252. The molecule has 0 spiro atoms. The van der Waals surface area contributed by atoms with Crippen molar-refractivity contribution in [2.75, 3.05) is 5.32 Å². The molecule has 0 aliphatic rings. The number of carbonyl (C=O) groups excluding carboxylic acids is 2. The van der Waals surface area contributed by atoms with E-state index >= 15 is 0 Å². The van der Waals surface area contributed by atoms with Gasteiger partial charge in [0.05, 0.1) is 11.9 Å². The van der Waals surface area contributed by atoms with Crippen LogP contribution in [0.25, 0.3) is 0 Å². The van der Waals surface area contributed by atoms with Crippen molar-refractivity contribution in [3.05, 3.63) is 53.1 Å². The number of phenols is 1. The molecule has 2 aromatic rings. The van der Waals surface area contributed by atoms with E-state index in [1.807, 2.05) is 10.7 Å². The molecule has 2 aromatic carbocycles. The summed E-state index contributed by atoms with van der Waals surface area (Å²) in [5.74, 6) is -3.61. The van der Waals surface area contributed by atoms with Crippen LogP contribution in [0.4, 0.5) is 23.2 Å². The van der Waals surface area contributed by atoms with Crippen LogP contribution in [0.1, 0.15) is 5.56 Å². The highest BCUT2D eigenvalue weighted by Crippen LogP contribution is 2.32. The molecule has 0 fully saturated rings. The number of amides is 2. The van der Waals surface area contributed by atoms with Gasteiger partial charge in [-0.1, -0.05) is 23.7 Å². The van der Waals surface area contributed by atoms with Crippen molar-refractivity contribution in [3.63, 3.8) is 0 Å². The maximum atomic E-state index is 13.1. The fraction of sp³-hybridized carbons (Fsp3) is 0.118. The molecule has 0 heterocycles. The zero-order chi connectivity index (χ0) is 21.6. The second kappa shape index (κ2) is 9.24. The lowest BCUT2D eigenvalue weighted by Gasteiger charge is -2.19. The number of hydrogen-bond acceptors (Lipinski definition) is 5. The van der Waals surface area contributed by atoms with Gasteiger partial charge in [0.15, 0.2) is 0 Å². The third-order valence-electron chi connectivity index (χ3n) is 3.20. The summed E-state index contributed by atoms with van der Waals surface area (Å²) in [6, 6.07) is 8.50. The monoisotopic (exact) mass is 433 g/mol. The number of rotatable bonds is 6. The molecule has 0 radical (unpaired) electrons. The van der Waals surface area contributed by atoms with Crippen molar-refractivity contribution in [1.82, 2.24) is 5.43 Å². The molecule has 0 saturated carbocycles. The second-order valence-electron chi connectivity index (χ2n) is 5.32. The first-order valence-electron chi connectivity index (χ1n) is 7.67. The molecule has 0 aliphatic carbocycles. The summed E-state index contributed by atoms with van der Waals surface area (Å²) in [7, 11) is 0. The average Bonchev–Trinajstić information content (AvgIpc) is 2.65. The van der Waals surface area contributed by atoms with Crippen LogP contribution in [0, 0.1) is 0 Å². The predicted octanol–water partition coefficient (Wildman–Crippen LogP) is 3.37. The number of nitrogens with one attached hydrogen (secondary N) is 2. The SMILES string of the molecule is O=C(NN=Cc1cc(Cl)ccc1O)C(=O)Nc1ccccc1OC(F)(F)C(F)F. The van der Waals surface area contributed by atoms with Crippen molar-refractivity contribution in [2.24, 2.45) is 5.10 Å². The number of carbonyl (C=O) groups is 2. The maximum absolute atomic E-state index is 13.1. The summed E-state index contributed by atoms with van der Waals surface area (Å²) < 4.78 is 54.7. The first kappa shape index (κ1) is 22.0. The second-order valence-corrected chi connectivity index (χ2v) is 5.75. The van der Waals surface area contributed by atoms with Crippen LogP contribution in [0.15, 0.2) is 47.6 Å². The summed E-state index contributed by atoms with van der Waals surface area (Å²) >= 11 is 5.74. The Morgan fingerprint density at radius 2 is 1.86 bits per heavy atom. The first-order chi connectivity index (χ1) is 13.6. The Balaban J connectivity index is 2.04. The fourth-order valence-electron chi connectivity index (χ4n) is 1.87. The highest BCUT2D eigenvalue weighted by atomic mass is 35.5. The van der Waals surface area contributed by atoms with Gasteiger partial charge in [-0.3, -0.25) is 9.59 Å². The zero-order valence-electron chi connectivity index (χ0n) is 14.2. The van der Waals surface area contributed by atoms with Crippen molar-refractivity contribution >= 4 is 35.3 Å². The Kier molecular flexibility index (Phi) is 6.99. The van der Waals surface area contributed by atoms with E-state index in [1.54, 1.807) is 0 Å². The molecule has 12 heteroatoms. The number of nitrogens with zero attached hydrogens (tertiary/aromatic N) is 1. The summed E-state index contributed by atoms with van der Waals surface area (Å²) in [5, 5.41) is 15.3. The Hall–Kier alpha value is -3.34. The lowest BCUT2D eigenvalue weighted by atomic mass is 10.2. The Morgan fingerprint density at radius 3 is 2.55 bits per heavy atom. The minimum Gasteiger partial charge on any atom is -0.507 e. The van der Waals surface area contributed by atoms with Crippen LogP contribution in [0.5, 0.6) is 11.5 Å². The van der Waals surface area contributed by atoms with Gasteiger partial charge in [0.25, 0.3) is 0 Å². The van der Waals surface area contributed by atoms with Crippen LogP contribution in [0.3, 0.4) is 0 Å². The van der Waals surface area contributed by atoms with Crippen molar-refractivity contribution in [3.8, 4) is 11.5 Å². The normalized spacial score (nSPS) is 11.5. The third kappa shape index (κ3) is 6.07. The Morgan fingerprint density at radius 1 is 1.17 bits per heavy atom. The quantitative estimate of drug-likeness (QED) is 0.281. The van der Waals surface area contributed by atoms with Gasteiger partial charge in [0.2, 0.25) is 0 Å². The molecular formula is C17H12ClF4N3O4. The topological polar surface area (TPSA) is 100 Å². The van der Waals surface area contributed by atoms with Crippen molar-refractivity contribution in [2.45, 2.75) is 12.5 Å². The highest BCUT2D eigenvalue weighted by Gasteiger charge is 2.44. The summed E-state index contributed by atoms with van der Waals surface area (Å²) in [4.78, 5) is 23.6. The van der Waals surface area contributed by atoms with Crippen LogP contribution >= 0.6 is 11.6 Å². The van der Waals surface area contributed by atoms with Gasteiger partial charge < -0.3 is 15.2 Å². The van der Waals surface area contributed by atoms with E-state index in [-0.39, 0.29) is 16.3 Å². The van der Waals surface area contributed by atoms with E-state index in [2.05, 4.69) is 9.84 Å². The molecule has 3 N–H and O–H groups in total. The van der Waals surface area contributed by atoms with Crippen molar-refractivity contribution in [1.29, 1.82) is 0 Å². The number of alkyl halides is 4. The number of phenolic OH excluding ortho intramolecular Hbond substituents is 1. The maximum Gasteiger partial charge on any atom is 0.461 e. The number of halogens is 5. The summed E-state index contributed by atoms with van der Waals surface area (Å²) in [5.41, 5.74) is 1.54. The van der Waals surface area contributed by atoms with E-state index in [1.165, 1.54) is 30.3 Å². The molecule has 0 bridgehead atoms. The largest absolute Gasteiger partial charge is 0.507 e. The van der Waals surface area contributed by atoms with E-state index < -0.39 is 35.8 Å². The smallest absolute Gasteiger partial charge is 0.461 e. The average molecular weight is 434 g/mol. The van der Waals surface area contributed by atoms with E-state index in [0.29, 0.717) is 0 Å². The number of hydrazone groups is 1. The molecule has 0 unspecified atom stereocenters. The number of anilines is 1. The third-order valence-corrected chi connectivity index (χ3v) is 3.44. The van der Waals surface area contributed by atoms with Crippen LogP contribution < -0.4 is 15.5 Å². The Bertz CT molecular complexity index is 941. The van der Waals surface area contributed by atoms with Gasteiger partial charge in [0.1, 0.15) is 11.5 Å². The molecule has 0 aromatic heterocycles. The van der Waals surface area contributed by atoms with E-state index in [9.17, 15) is 32.3 Å². The molecule has 2 rings (SSSR count). The minimum absolute atomic E-state index is 0.145. The molecule has 0 saturated heterocycles. The molecule has 29 heavy (non-hydrogen) atoms. The van der Waals surface area contributed by atoms with Crippen molar-refractivity contribution < 1.29 is 37.0 Å². The molecular weight excluding hydrogens is 422 g/mol. The number of aromatic hydroxyl groups is 1. The number of para-hydroxylation sites is 2. The first-order valence-corrected chi connectivity index (χ1v) is 8.05. The fourth-order valence-corrected chi connectivity index (χ4v) is 2.05. The van der Waals surface area contributed by atoms with Gasteiger partial charge in [0, 0.05) is 10.6 Å². The van der Waals surface area contributed by atoms with Gasteiger partial charge in [-0.2, -0.15) is 22.7 Å². The van der Waals surface area contributed by atoms with E-state index in [0.717, 1.165) is 18.3 Å². The molecule has 7 nitrogen and oxygen atoms in total. The molecule has 2 amide bonds. The van der Waals surface area contributed by atoms with Crippen LogP contribution in [-0.2, 0) is 9.59 Å². The van der Waals surface area contributed by atoms with Crippen LogP contribution in [0.2, 0.25) is 5.02 Å². The summed E-state index contributed by atoms with van der Waals surface area (Å²) in [6.07, 6.45) is -7.90. The zero-order valence-corrected chi connectivity index (χ0v) is 15.0. The molecule has 0 atom stereocenters. The van der Waals surface area contributed by atoms with Crippen LogP contribution in [-0.4, -0.2) is 35.7 Å². The number of ether oxygens (including phenoxy) is 1. The number of hydrogen-bond donors (Lipinski definition) is 3. The van der Waals surface area contributed by atoms with Gasteiger partial charge in [-0.15, -0.1) is 0 Å². The minimum atomic E-state index is -4.80. The van der Waals surface area contributed by atoms with Gasteiger partial charge >= 0.3 is 24.3 Å².